The topological polar surface area (TPSA) is 133 Å². The van der Waals surface area contributed by atoms with Crippen molar-refractivity contribution >= 4 is 35.3 Å². The van der Waals surface area contributed by atoms with E-state index in [1.54, 1.807) is 30.7 Å². The molecule has 0 saturated carbocycles. The molecule has 151 valence electrons. The molecule has 0 atom stereocenters. The van der Waals surface area contributed by atoms with E-state index in [4.69, 9.17) is 16.5 Å². The first-order valence-corrected chi connectivity index (χ1v) is 9.41. The van der Waals surface area contributed by atoms with Crippen molar-refractivity contribution in [2.24, 2.45) is 0 Å². The molecule has 0 fully saturated rings. The monoisotopic (exact) mass is 465 g/mol. The molecule has 0 amide bonds. The minimum atomic E-state index is 0.438. The van der Waals surface area contributed by atoms with Crippen LogP contribution in [-0.4, -0.2) is 32.6 Å². The van der Waals surface area contributed by atoms with Gasteiger partial charge in [0.25, 0.3) is 0 Å². The van der Waals surface area contributed by atoms with Crippen molar-refractivity contribution in [2.75, 3.05) is 11.5 Å². The lowest BCUT2D eigenvalue weighted by molar-refractivity contribution is 0.454. The highest BCUT2D eigenvalue weighted by molar-refractivity contribution is 9.10. The fourth-order valence-electron chi connectivity index (χ4n) is 1.98. The number of benzene rings is 2. The van der Waals surface area contributed by atoms with E-state index in [1.165, 1.54) is 6.20 Å². The molecule has 0 unspecified atom stereocenters. The van der Waals surface area contributed by atoms with Gasteiger partial charge in [-0.25, -0.2) is 15.0 Å². The second-order valence-corrected chi connectivity index (χ2v) is 6.31. The van der Waals surface area contributed by atoms with Gasteiger partial charge in [-0.1, -0.05) is 48.5 Å². The summed E-state index contributed by atoms with van der Waals surface area (Å²) in [4.78, 5) is 15.7. The van der Waals surface area contributed by atoms with E-state index in [9.17, 15) is 0 Å². The highest BCUT2D eigenvalue weighted by Crippen LogP contribution is 2.14. The van der Waals surface area contributed by atoms with E-state index >= 15 is 0 Å². The minimum absolute atomic E-state index is 0.438. The number of nitrogens with two attached hydrogens (primary N) is 2. The highest BCUT2D eigenvalue weighted by atomic mass is 79.9. The Morgan fingerprint density at radius 2 is 1.30 bits per heavy atom. The number of anilines is 2. The van der Waals surface area contributed by atoms with Crippen molar-refractivity contribution in [3.63, 3.8) is 0 Å². The quantitative estimate of drug-likeness (QED) is 0.393. The Morgan fingerprint density at radius 1 is 0.733 bits per heavy atom. The maximum absolute atomic E-state index is 8.17. The zero-order valence-electron chi connectivity index (χ0n) is 15.8. The summed E-state index contributed by atoms with van der Waals surface area (Å²) >= 11 is 3.12. The van der Waals surface area contributed by atoms with Gasteiger partial charge in [0.1, 0.15) is 16.2 Å². The molecule has 5 N–H and O–H groups in total. The molecule has 30 heavy (non-hydrogen) atoms. The van der Waals surface area contributed by atoms with Crippen LogP contribution in [0.3, 0.4) is 0 Å². The summed E-state index contributed by atoms with van der Waals surface area (Å²) in [5.74, 6) is 1.52. The summed E-state index contributed by atoms with van der Waals surface area (Å²) in [5, 5.41) is 8.17. The standard InChI is InChI=1S/C10H9N3.C6H6BO2.C4H4BrN3/c11-10-7-12-9(6-13-10)8-4-2-1-3-5-8;8-7-9-6-4-2-1-3-5-6;5-3-1-8-4(6)2-7-3/h1-7H,(H2,11,13);1-5,8H;1-2H,(H2,6,8). The lowest BCUT2D eigenvalue weighted by Gasteiger charge is -1.98. The third-order valence-electron chi connectivity index (χ3n) is 3.31. The Morgan fingerprint density at radius 3 is 1.77 bits per heavy atom. The van der Waals surface area contributed by atoms with Gasteiger partial charge in [0.15, 0.2) is 0 Å². The fourth-order valence-corrected chi connectivity index (χ4v) is 2.18. The van der Waals surface area contributed by atoms with Gasteiger partial charge in [-0.3, -0.25) is 4.98 Å². The normalized spacial score (nSPS) is 9.27. The van der Waals surface area contributed by atoms with Gasteiger partial charge in [-0.05, 0) is 28.1 Å². The maximum atomic E-state index is 8.17. The molecule has 10 heteroatoms. The van der Waals surface area contributed by atoms with E-state index in [-0.39, 0.29) is 0 Å². The Labute approximate surface area is 183 Å². The molecular formula is C20H19BBrN6O2. The zero-order valence-corrected chi connectivity index (χ0v) is 17.4. The average Bonchev–Trinajstić information content (AvgIpc) is 2.79. The van der Waals surface area contributed by atoms with Crippen molar-refractivity contribution in [1.29, 1.82) is 0 Å². The number of halogens is 1. The van der Waals surface area contributed by atoms with Gasteiger partial charge in [0, 0.05) is 5.56 Å². The average molecular weight is 466 g/mol. The first-order valence-electron chi connectivity index (χ1n) is 8.62. The van der Waals surface area contributed by atoms with Crippen molar-refractivity contribution < 1.29 is 9.68 Å². The van der Waals surface area contributed by atoms with Crippen molar-refractivity contribution in [3.05, 3.63) is 90.1 Å². The Hall–Kier alpha value is -3.50. The van der Waals surface area contributed by atoms with E-state index in [0.717, 1.165) is 11.3 Å². The Balaban J connectivity index is 0.000000167. The molecular weight excluding hydrogens is 447 g/mol. The summed E-state index contributed by atoms with van der Waals surface area (Å²) < 4.78 is 5.34. The highest BCUT2D eigenvalue weighted by Gasteiger charge is 1.97. The summed E-state index contributed by atoms with van der Waals surface area (Å²) in [6.45, 7) is 0. The molecule has 4 rings (SSSR count). The van der Waals surface area contributed by atoms with Crippen LogP contribution in [0.4, 0.5) is 11.6 Å². The van der Waals surface area contributed by atoms with Crippen LogP contribution in [-0.2, 0) is 0 Å². The van der Waals surface area contributed by atoms with E-state index in [0.29, 0.717) is 29.7 Å². The summed E-state index contributed by atoms with van der Waals surface area (Å²) in [6, 6.07) is 18.9. The van der Waals surface area contributed by atoms with Crippen molar-refractivity contribution in [2.45, 2.75) is 0 Å². The first-order chi connectivity index (χ1) is 14.6. The lowest BCUT2D eigenvalue weighted by Crippen LogP contribution is -1.98. The number of hydrogen-bond donors (Lipinski definition) is 3. The van der Waals surface area contributed by atoms with Crippen LogP contribution < -0.4 is 16.1 Å². The minimum Gasteiger partial charge on any atom is -0.537 e. The number of nitrogen functional groups attached to an aromatic ring is 2. The SMILES string of the molecule is Nc1cnc(-c2ccccc2)cn1.Nc1cnc(Br)cn1.O[B]Oc1ccccc1. The van der Waals surface area contributed by atoms with Gasteiger partial charge >= 0.3 is 7.69 Å². The number of nitrogens with zero attached hydrogens (tertiary/aromatic N) is 4. The van der Waals surface area contributed by atoms with Crippen LogP contribution in [0.2, 0.25) is 0 Å². The predicted molar refractivity (Wildman–Crippen MR) is 121 cm³/mol. The van der Waals surface area contributed by atoms with Gasteiger partial charge in [0.2, 0.25) is 0 Å². The number of aromatic nitrogens is 4. The van der Waals surface area contributed by atoms with Crippen LogP contribution >= 0.6 is 15.9 Å². The summed E-state index contributed by atoms with van der Waals surface area (Å²) in [5.41, 5.74) is 12.6. The number of hydrogen-bond acceptors (Lipinski definition) is 8. The van der Waals surface area contributed by atoms with Crippen LogP contribution in [0, 0.1) is 0 Å². The Bertz CT molecular complexity index is 957. The molecule has 0 bridgehead atoms. The molecule has 2 aromatic heterocycles. The zero-order chi connectivity index (χ0) is 21.6. The van der Waals surface area contributed by atoms with Crippen molar-refractivity contribution in [3.8, 4) is 17.0 Å². The number of para-hydroxylation sites is 1. The summed E-state index contributed by atoms with van der Waals surface area (Å²) in [7, 11) is 0.662. The smallest absolute Gasteiger partial charge is 0.537 e. The molecule has 1 radical (unpaired) electrons. The first kappa shape index (κ1) is 22.8. The number of rotatable bonds is 3. The molecule has 0 aliphatic carbocycles. The predicted octanol–water partition coefficient (Wildman–Crippen LogP) is 3.14. The van der Waals surface area contributed by atoms with Gasteiger partial charge < -0.3 is 21.1 Å². The van der Waals surface area contributed by atoms with Crippen LogP contribution in [0.5, 0.6) is 5.75 Å². The fraction of sp³-hybridized carbons (Fsp3) is 0. The van der Waals surface area contributed by atoms with Gasteiger partial charge in [0.05, 0.1) is 36.2 Å². The van der Waals surface area contributed by atoms with E-state index in [2.05, 4.69) is 40.5 Å². The molecule has 0 spiro atoms. The van der Waals surface area contributed by atoms with Crippen molar-refractivity contribution in [1.82, 2.24) is 19.9 Å². The van der Waals surface area contributed by atoms with Crippen LogP contribution in [0.1, 0.15) is 0 Å². The van der Waals surface area contributed by atoms with Crippen LogP contribution in [0.15, 0.2) is 90.1 Å². The van der Waals surface area contributed by atoms with E-state index in [1.807, 2.05) is 48.5 Å². The molecule has 2 heterocycles. The molecule has 0 aliphatic rings. The molecule has 0 aliphatic heterocycles. The Kier molecular flexibility index (Phi) is 9.77. The second kappa shape index (κ2) is 12.9. The lowest BCUT2D eigenvalue weighted by atomic mass is 10.2. The third kappa shape index (κ3) is 8.67. The van der Waals surface area contributed by atoms with Crippen LogP contribution in [0.25, 0.3) is 11.3 Å². The third-order valence-corrected chi connectivity index (χ3v) is 3.72. The second-order valence-electron chi connectivity index (χ2n) is 5.49. The largest absolute Gasteiger partial charge is 0.569 e. The molecule has 8 nitrogen and oxygen atoms in total. The molecule has 0 saturated heterocycles. The van der Waals surface area contributed by atoms with E-state index < -0.39 is 0 Å². The van der Waals surface area contributed by atoms with Gasteiger partial charge in [-0.2, -0.15) is 0 Å². The molecule has 2 aromatic carbocycles. The van der Waals surface area contributed by atoms with Gasteiger partial charge in [-0.15, -0.1) is 0 Å². The maximum Gasteiger partial charge on any atom is 0.569 e. The molecule has 4 aromatic rings. The summed E-state index contributed by atoms with van der Waals surface area (Å²) in [6.07, 6.45) is 6.27.